The van der Waals surface area contributed by atoms with Gasteiger partial charge in [-0.2, -0.15) is 0 Å². The molecule has 0 heterocycles. The van der Waals surface area contributed by atoms with Crippen molar-refractivity contribution >= 4 is 17.2 Å². The second kappa shape index (κ2) is 7.46. The Labute approximate surface area is 120 Å². The Kier molecular flexibility index (Phi) is 5.61. The summed E-state index contributed by atoms with van der Waals surface area (Å²) < 4.78 is 11.3. The fourth-order valence-corrected chi connectivity index (χ4v) is 2.60. The first kappa shape index (κ1) is 14.3. The SMILES string of the molecule is NC(=S)c1ccccc1OCCOCC1CCCC1. The highest BCUT2D eigenvalue weighted by molar-refractivity contribution is 7.80. The highest BCUT2D eigenvalue weighted by atomic mass is 32.1. The second-order valence-electron chi connectivity index (χ2n) is 4.93. The minimum absolute atomic E-state index is 0.363. The molecule has 4 heteroatoms. The first-order valence-electron chi connectivity index (χ1n) is 6.87. The van der Waals surface area contributed by atoms with Crippen molar-refractivity contribution in [3.05, 3.63) is 29.8 Å². The number of rotatable bonds is 7. The molecule has 0 saturated heterocycles. The standard InChI is InChI=1S/C15H21NO2S/c16-15(19)13-7-3-4-8-14(13)18-10-9-17-11-12-5-1-2-6-12/h3-4,7-8,12H,1-2,5-6,9-11H2,(H2,16,19). The molecule has 1 fully saturated rings. The first-order chi connectivity index (χ1) is 9.27. The molecule has 0 bridgehead atoms. The lowest BCUT2D eigenvalue weighted by Crippen LogP contribution is -2.15. The summed E-state index contributed by atoms with van der Waals surface area (Å²) in [4.78, 5) is 0.363. The Morgan fingerprint density at radius 3 is 2.68 bits per heavy atom. The Morgan fingerprint density at radius 2 is 1.95 bits per heavy atom. The monoisotopic (exact) mass is 279 g/mol. The molecule has 0 aliphatic heterocycles. The highest BCUT2D eigenvalue weighted by Crippen LogP contribution is 2.24. The number of thiocarbonyl (C=S) groups is 1. The summed E-state index contributed by atoms with van der Waals surface area (Å²) in [7, 11) is 0. The summed E-state index contributed by atoms with van der Waals surface area (Å²) in [5.74, 6) is 1.49. The van der Waals surface area contributed by atoms with E-state index in [0.29, 0.717) is 18.2 Å². The summed E-state index contributed by atoms with van der Waals surface area (Å²) in [5, 5.41) is 0. The second-order valence-corrected chi connectivity index (χ2v) is 5.37. The maximum atomic E-state index is 5.67. The fourth-order valence-electron chi connectivity index (χ4n) is 2.43. The van der Waals surface area contributed by atoms with E-state index in [1.807, 2.05) is 24.3 Å². The number of hydrogen-bond donors (Lipinski definition) is 1. The molecule has 1 aromatic carbocycles. The summed E-state index contributed by atoms with van der Waals surface area (Å²) in [6, 6.07) is 7.57. The van der Waals surface area contributed by atoms with Gasteiger partial charge in [0.25, 0.3) is 0 Å². The Hall–Kier alpha value is -1.13. The predicted octanol–water partition coefficient (Wildman–Crippen LogP) is 2.91. The molecular weight excluding hydrogens is 258 g/mol. The smallest absolute Gasteiger partial charge is 0.129 e. The van der Waals surface area contributed by atoms with Gasteiger partial charge >= 0.3 is 0 Å². The molecule has 3 nitrogen and oxygen atoms in total. The number of benzene rings is 1. The summed E-state index contributed by atoms with van der Waals surface area (Å²) in [5.41, 5.74) is 6.43. The molecule has 0 radical (unpaired) electrons. The van der Waals surface area contributed by atoms with Crippen LogP contribution in [0.3, 0.4) is 0 Å². The summed E-state index contributed by atoms with van der Waals surface area (Å²) in [6.45, 7) is 2.01. The molecular formula is C15H21NO2S. The van der Waals surface area contributed by atoms with E-state index in [1.165, 1.54) is 25.7 Å². The van der Waals surface area contributed by atoms with Crippen LogP contribution in [0.2, 0.25) is 0 Å². The van der Waals surface area contributed by atoms with Crippen molar-refractivity contribution < 1.29 is 9.47 Å². The Balaban J connectivity index is 1.69. The average molecular weight is 279 g/mol. The van der Waals surface area contributed by atoms with Gasteiger partial charge in [-0.15, -0.1) is 0 Å². The number of ether oxygens (including phenoxy) is 2. The van der Waals surface area contributed by atoms with Crippen LogP contribution in [0.25, 0.3) is 0 Å². The van der Waals surface area contributed by atoms with Crippen molar-refractivity contribution in [2.24, 2.45) is 11.7 Å². The zero-order valence-corrected chi connectivity index (χ0v) is 12.0. The van der Waals surface area contributed by atoms with Crippen LogP contribution in [-0.4, -0.2) is 24.8 Å². The van der Waals surface area contributed by atoms with Crippen LogP contribution >= 0.6 is 12.2 Å². The predicted molar refractivity (Wildman–Crippen MR) is 80.6 cm³/mol. The van der Waals surface area contributed by atoms with Crippen molar-refractivity contribution in [3.63, 3.8) is 0 Å². The molecule has 19 heavy (non-hydrogen) atoms. The minimum atomic E-state index is 0.363. The van der Waals surface area contributed by atoms with E-state index in [0.717, 1.165) is 23.8 Å². The van der Waals surface area contributed by atoms with Gasteiger partial charge in [0, 0.05) is 6.61 Å². The van der Waals surface area contributed by atoms with Gasteiger partial charge in [-0.3, -0.25) is 0 Å². The van der Waals surface area contributed by atoms with Crippen LogP contribution < -0.4 is 10.5 Å². The highest BCUT2D eigenvalue weighted by Gasteiger charge is 2.14. The molecule has 2 rings (SSSR count). The van der Waals surface area contributed by atoms with Gasteiger partial charge in [0.15, 0.2) is 0 Å². The van der Waals surface area contributed by atoms with E-state index in [1.54, 1.807) is 0 Å². The van der Waals surface area contributed by atoms with Crippen LogP contribution in [0.4, 0.5) is 0 Å². The fraction of sp³-hybridized carbons (Fsp3) is 0.533. The molecule has 1 aliphatic carbocycles. The zero-order chi connectivity index (χ0) is 13.5. The lowest BCUT2D eigenvalue weighted by Gasteiger charge is -2.12. The van der Waals surface area contributed by atoms with E-state index < -0.39 is 0 Å². The molecule has 104 valence electrons. The normalized spacial score (nSPS) is 15.6. The average Bonchev–Trinajstić information content (AvgIpc) is 2.92. The first-order valence-corrected chi connectivity index (χ1v) is 7.27. The Morgan fingerprint density at radius 1 is 1.21 bits per heavy atom. The van der Waals surface area contributed by atoms with Gasteiger partial charge in [-0.05, 0) is 30.9 Å². The lowest BCUT2D eigenvalue weighted by molar-refractivity contribution is 0.0754. The van der Waals surface area contributed by atoms with Crippen LogP contribution in [0.15, 0.2) is 24.3 Å². The van der Waals surface area contributed by atoms with Gasteiger partial charge in [-0.25, -0.2) is 0 Å². The van der Waals surface area contributed by atoms with Crippen LogP contribution in [-0.2, 0) is 4.74 Å². The zero-order valence-electron chi connectivity index (χ0n) is 11.1. The molecule has 1 aliphatic rings. The molecule has 1 saturated carbocycles. The largest absolute Gasteiger partial charge is 0.490 e. The van der Waals surface area contributed by atoms with Crippen molar-refractivity contribution in [2.45, 2.75) is 25.7 Å². The number of nitrogens with two attached hydrogens (primary N) is 1. The maximum Gasteiger partial charge on any atom is 0.129 e. The Bertz CT molecular complexity index is 416. The van der Waals surface area contributed by atoms with Crippen molar-refractivity contribution in [3.8, 4) is 5.75 Å². The molecule has 0 amide bonds. The molecule has 2 N–H and O–H groups in total. The third-order valence-corrected chi connectivity index (χ3v) is 3.69. The molecule has 1 aromatic rings. The van der Waals surface area contributed by atoms with Crippen LogP contribution in [0.1, 0.15) is 31.2 Å². The molecule has 0 aromatic heterocycles. The van der Waals surface area contributed by atoms with Crippen LogP contribution in [0, 0.1) is 5.92 Å². The number of hydrogen-bond acceptors (Lipinski definition) is 3. The molecule has 0 unspecified atom stereocenters. The van der Waals surface area contributed by atoms with E-state index in [-0.39, 0.29) is 0 Å². The molecule has 0 atom stereocenters. The van der Waals surface area contributed by atoms with Gasteiger partial charge in [0.1, 0.15) is 17.3 Å². The third-order valence-electron chi connectivity index (χ3n) is 3.47. The third kappa shape index (κ3) is 4.48. The number of para-hydroxylation sites is 1. The van der Waals surface area contributed by atoms with E-state index in [4.69, 9.17) is 27.4 Å². The van der Waals surface area contributed by atoms with Gasteiger partial charge < -0.3 is 15.2 Å². The van der Waals surface area contributed by atoms with Crippen LogP contribution in [0.5, 0.6) is 5.75 Å². The lowest BCUT2D eigenvalue weighted by atomic mass is 10.1. The van der Waals surface area contributed by atoms with E-state index in [2.05, 4.69) is 0 Å². The van der Waals surface area contributed by atoms with Gasteiger partial charge in [-0.1, -0.05) is 37.2 Å². The van der Waals surface area contributed by atoms with E-state index in [9.17, 15) is 0 Å². The molecule has 0 spiro atoms. The summed E-state index contributed by atoms with van der Waals surface area (Å²) >= 11 is 4.99. The van der Waals surface area contributed by atoms with Crippen molar-refractivity contribution in [1.82, 2.24) is 0 Å². The summed E-state index contributed by atoms with van der Waals surface area (Å²) in [6.07, 6.45) is 5.33. The van der Waals surface area contributed by atoms with E-state index >= 15 is 0 Å². The van der Waals surface area contributed by atoms with Gasteiger partial charge in [0.05, 0.1) is 12.2 Å². The minimum Gasteiger partial charge on any atom is -0.490 e. The quantitative estimate of drug-likeness (QED) is 0.616. The van der Waals surface area contributed by atoms with Gasteiger partial charge in [0.2, 0.25) is 0 Å². The van der Waals surface area contributed by atoms with Crippen molar-refractivity contribution in [2.75, 3.05) is 19.8 Å². The van der Waals surface area contributed by atoms with Crippen molar-refractivity contribution in [1.29, 1.82) is 0 Å². The topological polar surface area (TPSA) is 44.5 Å². The maximum absolute atomic E-state index is 5.67.